The van der Waals surface area contributed by atoms with Crippen LogP contribution in [0.3, 0.4) is 0 Å². The van der Waals surface area contributed by atoms with E-state index < -0.39 is 0 Å². The van der Waals surface area contributed by atoms with Crippen LogP contribution in [0.1, 0.15) is 0 Å². The van der Waals surface area contributed by atoms with Crippen molar-refractivity contribution in [2.45, 2.75) is 0 Å². The van der Waals surface area contributed by atoms with Gasteiger partial charge in [-0.15, -0.1) is 0 Å². The van der Waals surface area contributed by atoms with Gasteiger partial charge in [-0.25, -0.2) is 0 Å². The van der Waals surface area contributed by atoms with Gasteiger partial charge in [-0.1, -0.05) is 0 Å². The van der Waals surface area contributed by atoms with Crippen molar-refractivity contribution in [3.8, 4) is 0 Å². The summed E-state index contributed by atoms with van der Waals surface area (Å²) in [6.07, 6.45) is 0. The summed E-state index contributed by atoms with van der Waals surface area (Å²) in [4.78, 5) is 0. The summed E-state index contributed by atoms with van der Waals surface area (Å²) in [6, 6.07) is 0. The van der Waals surface area contributed by atoms with Gasteiger partial charge in [0.05, 0.1) is 0 Å². The first-order chi connectivity index (χ1) is 1.00. The minimum absolute atomic E-state index is 0. The zero-order valence-electron chi connectivity index (χ0n) is 1.88. The molecule has 0 aromatic carbocycles. The molecule has 0 heterocycles. The Morgan fingerprint density at radius 3 is 1.25 bits per heavy atom. The molecule has 0 atom stereocenters. The first kappa shape index (κ1) is 16.9. The minimum atomic E-state index is 0. The maximum atomic E-state index is 8.00. The van der Waals surface area contributed by atoms with Gasteiger partial charge < -0.3 is 0 Å². The molecule has 0 spiro atoms. The van der Waals surface area contributed by atoms with E-state index in [0.29, 0.717) is 0 Å². The molecule has 0 N–H and O–H groups in total. The van der Waals surface area contributed by atoms with Crippen LogP contribution in [0.25, 0.3) is 0 Å². The molecular formula is H3BiFeMoO. The van der Waals surface area contributed by atoms with Crippen LogP contribution in [0.5, 0.6) is 0 Å². The van der Waals surface area contributed by atoms with E-state index in [4.69, 9.17) is 3.83 Å². The van der Waals surface area contributed by atoms with Crippen molar-refractivity contribution in [1.29, 1.82) is 0 Å². The van der Waals surface area contributed by atoms with Crippen molar-refractivity contribution < 1.29 is 40.8 Å². The average molecular weight is 380 g/mol. The van der Waals surface area contributed by atoms with Crippen LogP contribution in [-0.2, 0) is 40.8 Å². The van der Waals surface area contributed by atoms with Crippen molar-refractivity contribution >= 4 is 26.2 Å². The Labute approximate surface area is 66.3 Å². The SMILES string of the molecule is [BiH3].[Mo].[O]=[Fe]. The summed E-state index contributed by atoms with van der Waals surface area (Å²) in [7, 11) is 0. The zero-order valence-corrected chi connectivity index (χ0v) is 10.5. The summed E-state index contributed by atoms with van der Waals surface area (Å²) in [6.45, 7) is 0. The van der Waals surface area contributed by atoms with E-state index in [1.165, 1.54) is 0 Å². The molecule has 0 rings (SSSR count). The molecular weight excluding hydrogens is 377 g/mol. The molecule has 0 aromatic rings. The summed E-state index contributed by atoms with van der Waals surface area (Å²) in [5.74, 6) is 0. The Bertz CT molecular complexity index is 8.00. The van der Waals surface area contributed by atoms with Gasteiger partial charge in [0, 0.05) is 21.1 Å². The topological polar surface area (TPSA) is 17.1 Å². The predicted molar refractivity (Wildman–Crippen MR) is 10.6 cm³/mol. The first-order valence-corrected chi connectivity index (χ1v) is 0.595. The van der Waals surface area contributed by atoms with Crippen LogP contribution in [0, 0.1) is 0 Å². The molecule has 0 bridgehead atoms. The van der Waals surface area contributed by atoms with Crippen molar-refractivity contribution in [2.24, 2.45) is 0 Å². The molecule has 0 amide bonds. The van der Waals surface area contributed by atoms with Gasteiger partial charge in [0.1, 0.15) is 0 Å². The molecule has 0 fully saturated rings. The number of hydrogen-bond acceptors (Lipinski definition) is 1. The van der Waals surface area contributed by atoms with Crippen LogP contribution >= 0.6 is 0 Å². The molecule has 4 heavy (non-hydrogen) atoms. The third kappa shape index (κ3) is 9.09. The van der Waals surface area contributed by atoms with E-state index in [2.05, 4.69) is 0 Å². The Hall–Kier alpha value is 1.89. The van der Waals surface area contributed by atoms with Gasteiger partial charge in [0.25, 0.3) is 0 Å². The molecule has 0 aliphatic rings. The van der Waals surface area contributed by atoms with Crippen LogP contribution in [0.2, 0.25) is 0 Å². The molecule has 0 aromatic heterocycles. The third-order valence-corrected chi connectivity index (χ3v) is 0. The van der Waals surface area contributed by atoms with Crippen LogP contribution in [-0.4, -0.2) is 26.2 Å². The van der Waals surface area contributed by atoms with Gasteiger partial charge in [-0.2, -0.15) is 0 Å². The fourth-order valence-electron chi connectivity index (χ4n) is 0. The second-order valence-corrected chi connectivity index (χ2v) is 0. The predicted octanol–water partition coefficient (Wildman–Crippen LogP) is -1.31. The molecule has 0 radical (unpaired) electrons. The fourth-order valence-corrected chi connectivity index (χ4v) is 0. The molecule has 0 unspecified atom stereocenters. The van der Waals surface area contributed by atoms with Gasteiger partial charge in [0.15, 0.2) is 0 Å². The van der Waals surface area contributed by atoms with Gasteiger partial charge >= 0.3 is 46.0 Å². The van der Waals surface area contributed by atoms with E-state index in [0.717, 1.165) is 0 Å². The van der Waals surface area contributed by atoms with Crippen molar-refractivity contribution in [2.75, 3.05) is 0 Å². The first-order valence-electron chi connectivity index (χ1n) is 0.144. The molecule has 4 heteroatoms. The normalized spacial score (nSPS) is 1.25. The van der Waals surface area contributed by atoms with Crippen molar-refractivity contribution in [3.05, 3.63) is 0 Å². The quantitative estimate of drug-likeness (QED) is 0.478. The van der Waals surface area contributed by atoms with Crippen molar-refractivity contribution in [3.63, 3.8) is 0 Å². The maximum absolute atomic E-state index is 8.00. The van der Waals surface area contributed by atoms with E-state index in [1.807, 2.05) is 15.9 Å². The molecule has 1 nitrogen and oxygen atoms in total. The second-order valence-electron chi connectivity index (χ2n) is 0. The third-order valence-electron chi connectivity index (χ3n) is 0. The van der Waals surface area contributed by atoms with Gasteiger partial charge in [0.2, 0.25) is 0 Å². The Kier molecular flexibility index (Phi) is 87.3. The molecule has 28 valence electrons. The average Bonchev–Trinajstić information content (AvgIpc) is 1.00. The van der Waals surface area contributed by atoms with Crippen LogP contribution in [0.4, 0.5) is 0 Å². The van der Waals surface area contributed by atoms with Gasteiger partial charge in [-0.05, 0) is 0 Å². The second kappa shape index (κ2) is 20.7. The molecule has 0 saturated heterocycles. The number of rotatable bonds is 0. The monoisotopic (exact) mass is 382 g/mol. The summed E-state index contributed by atoms with van der Waals surface area (Å²) in [5, 5.41) is 0. The molecule has 0 saturated carbocycles. The summed E-state index contributed by atoms with van der Waals surface area (Å²) < 4.78 is 8.00. The van der Waals surface area contributed by atoms with E-state index in [9.17, 15) is 0 Å². The zero-order chi connectivity index (χ0) is 2.00. The standard InChI is InChI=1S/Bi.Fe.Mo.O.3H. The van der Waals surface area contributed by atoms with E-state index in [-0.39, 0.29) is 47.3 Å². The molecule has 0 aliphatic heterocycles. The summed E-state index contributed by atoms with van der Waals surface area (Å²) in [5.41, 5.74) is 0. The van der Waals surface area contributed by atoms with Crippen LogP contribution in [0.15, 0.2) is 0 Å². The Balaban J connectivity index is -0.00000000500. The Morgan fingerprint density at radius 2 is 1.25 bits per heavy atom. The van der Waals surface area contributed by atoms with Crippen molar-refractivity contribution in [1.82, 2.24) is 0 Å². The molecule has 0 aliphatic carbocycles. The fraction of sp³-hybridized carbons (Fsp3) is 0. The van der Waals surface area contributed by atoms with E-state index >= 15 is 0 Å². The number of hydrogen-bond donors (Lipinski definition) is 0. The van der Waals surface area contributed by atoms with E-state index in [1.54, 1.807) is 0 Å². The Morgan fingerprint density at radius 1 is 1.25 bits per heavy atom. The summed E-state index contributed by atoms with van der Waals surface area (Å²) >= 11 is 2.00. The van der Waals surface area contributed by atoms with Gasteiger partial charge in [-0.3, -0.25) is 0 Å². The van der Waals surface area contributed by atoms with Crippen LogP contribution < -0.4 is 0 Å².